The van der Waals surface area contributed by atoms with Crippen LogP contribution in [-0.2, 0) is 4.74 Å². The Balaban J connectivity index is 1.23. The zero-order valence-electron chi connectivity index (χ0n) is 18.3. The molecule has 2 fully saturated rings. The number of hydrogen-bond donors (Lipinski definition) is 3. The largest absolute Gasteiger partial charge is 0.470 e. The molecule has 0 aliphatic heterocycles. The van der Waals surface area contributed by atoms with Gasteiger partial charge in [-0.2, -0.15) is 10.1 Å². The first-order valence-corrected chi connectivity index (χ1v) is 11.0. The number of anilines is 2. The standard InChI is InChI=1S/C21H24F3N7O3/c1-21(3-4-21)28-20(32)34-14-7-11(6-12(14)22)13-8-16(30-29-13)26-19-25-5-2-17-27-18(9-31(17)19)33-10-15(23)24/h2,5,8-9,11-12,14-15H,3-4,6-7,10H2,1H3,(H,28,32)(H2,25,26,29,30)/t11-,12+,14-/m0/s1. The smallest absolute Gasteiger partial charge is 0.407 e. The Morgan fingerprint density at radius 2 is 2.21 bits per heavy atom. The maximum absolute atomic E-state index is 14.5. The molecule has 3 atom stereocenters. The van der Waals surface area contributed by atoms with E-state index >= 15 is 0 Å². The number of carbonyl (C=O) groups excluding carboxylic acids is 1. The first-order valence-electron chi connectivity index (χ1n) is 11.0. The first kappa shape index (κ1) is 22.3. The molecule has 2 aliphatic rings. The average Bonchev–Trinajstić information content (AvgIpc) is 3.16. The van der Waals surface area contributed by atoms with Crippen molar-refractivity contribution < 1.29 is 27.4 Å². The normalized spacial score (nSPS) is 23.3. The summed E-state index contributed by atoms with van der Waals surface area (Å²) in [6.45, 7) is 1.17. The molecule has 13 heteroatoms. The van der Waals surface area contributed by atoms with E-state index in [0.29, 0.717) is 29.5 Å². The average molecular weight is 479 g/mol. The number of rotatable bonds is 8. The van der Waals surface area contributed by atoms with Gasteiger partial charge in [0.2, 0.25) is 11.8 Å². The topological polar surface area (TPSA) is 118 Å². The van der Waals surface area contributed by atoms with Crippen LogP contribution in [0.2, 0.25) is 0 Å². The van der Waals surface area contributed by atoms with Crippen LogP contribution in [0, 0.1) is 0 Å². The number of aromatic nitrogens is 5. The van der Waals surface area contributed by atoms with Gasteiger partial charge in [-0.3, -0.25) is 9.50 Å². The maximum atomic E-state index is 14.5. The Bertz CT molecular complexity index is 1180. The van der Waals surface area contributed by atoms with Gasteiger partial charge in [0.15, 0.2) is 12.4 Å². The maximum Gasteiger partial charge on any atom is 0.407 e. The number of alkyl carbamates (subject to hydrolysis) is 1. The van der Waals surface area contributed by atoms with Crippen LogP contribution in [0.15, 0.2) is 24.5 Å². The fraction of sp³-hybridized carbons (Fsp3) is 0.524. The number of halogens is 3. The Labute approximate surface area is 192 Å². The predicted molar refractivity (Wildman–Crippen MR) is 114 cm³/mol. The van der Waals surface area contributed by atoms with Gasteiger partial charge in [-0.25, -0.2) is 22.9 Å². The zero-order valence-corrected chi connectivity index (χ0v) is 18.3. The summed E-state index contributed by atoms with van der Waals surface area (Å²) in [5.74, 6) is 0.623. The van der Waals surface area contributed by atoms with Gasteiger partial charge in [0.1, 0.15) is 17.9 Å². The summed E-state index contributed by atoms with van der Waals surface area (Å²) < 4.78 is 51.2. The lowest BCUT2D eigenvalue weighted by Gasteiger charge is -2.17. The minimum Gasteiger partial charge on any atom is -0.470 e. The van der Waals surface area contributed by atoms with E-state index in [1.54, 1.807) is 16.5 Å². The summed E-state index contributed by atoms with van der Waals surface area (Å²) in [6, 6.07) is 3.34. The van der Waals surface area contributed by atoms with Crippen LogP contribution < -0.4 is 15.4 Å². The molecule has 10 nitrogen and oxygen atoms in total. The van der Waals surface area contributed by atoms with Crippen molar-refractivity contribution in [1.82, 2.24) is 29.9 Å². The van der Waals surface area contributed by atoms with Crippen molar-refractivity contribution in [2.45, 2.75) is 62.8 Å². The van der Waals surface area contributed by atoms with Crippen molar-refractivity contribution in [3.05, 3.63) is 30.2 Å². The number of alkyl halides is 3. The molecule has 0 bridgehead atoms. The molecule has 0 unspecified atom stereocenters. The second-order valence-corrected chi connectivity index (χ2v) is 8.93. The minimum absolute atomic E-state index is 0.0461. The van der Waals surface area contributed by atoms with Gasteiger partial charge in [0.05, 0.1) is 6.20 Å². The van der Waals surface area contributed by atoms with E-state index in [1.165, 1.54) is 12.4 Å². The van der Waals surface area contributed by atoms with Crippen molar-refractivity contribution in [2.24, 2.45) is 0 Å². The van der Waals surface area contributed by atoms with Crippen LogP contribution in [0.3, 0.4) is 0 Å². The number of imidazole rings is 1. The summed E-state index contributed by atoms with van der Waals surface area (Å²) in [6.07, 6.45) is 0.00333. The highest BCUT2D eigenvalue weighted by Gasteiger charge is 2.42. The number of amides is 1. The molecule has 3 N–H and O–H groups in total. The Kier molecular flexibility index (Phi) is 5.70. The summed E-state index contributed by atoms with van der Waals surface area (Å²) in [7, 11) is 0. The van der Waals surface area contributed by atoms with Crippen molar-refractivity contribution in [3.8, 4) is 5.88 Å². The van der Waals surface area contributed by atoms with Gasteiger partial charge in [0.25, 0.3) is 6.43 Å². The number of nitrogens with zero attached hydrogens (tertiary/aromatic N) is 4. The minimum atomic E-state index is -2.61. The molecule has 0 spiro atoms. The third-order valence-electron chi connectivity index (χ3n) is 6.09. The van der Waals surface area contributed by atoms with Crippen LogP contribution in [0.5, 0.6) is 5.88 Å². The summed E-state index contributed by atoms with van der Waals surface area (Å²) in [4.78, 5) is 20.4. The number of fused-ring (bicyclic) bond motifs is 1. The molecule has 182 valence electrons. The highest BCUT2D eigenvalue weighted by Crippen LogP contribution is 2.39. The summed E-state index contributed by atoms with van der Waals surface area (Å²) in [5.41, 5.74) is 0.920. The fourth-order valence-electron chi connectivity index (χ4n) is 3.98. The SMILES string of the molecule is CC1(NC(=O)O[C@H]2C[C@@H](c3cc(Nc4nccc5nc(OCC(F)F)cn45)n[nH]3)C[C@H]2F)CC1. The highest BCUT2D eigenvalue weighted by atomic mass is 19.3. The van der Waals surface area contributed by atoms with Gasteiger partial charge >= 0.3 is 6.09 Å². The summed E-state index contributed by atoms with van der Waals surface area (Å²) in [5, 5.41) is 12.9. The van der Waals surface area contributed by atoms with Gasteiger partial charge in [-0.15, -0.1) is 0 Å². The van der Waals surface area contributed by atoms with E-state index in [4.69, 9.17) is 9.47 Å². The van der Waals surface area contributed by atoms with Gasteiger partial charge in [-0.1, -0.05) is 0 Å². The van der Waals surface area contributed by atoms with E-state index < -0.39 is 31.4 Å². The van der Waals surface area contributed by atoms with Crippen LogP contribution in [0.4, 0.5) is 29.7 Å². The zero-order chi connectivity index (χ0) is 23.9. The van der Waals surface area contributed by atoms with Crippen molar-refractivity contribution in [1.29, 1.82) is 0 Å². The highest BCUT2D eigenvalue weighted by molar-refractivity contribution is 5.69. The van der Waals surface area contributed by atoms with Gasteiger partial charge in [0, 0.05) is 29.4 Å². The number of hydrogen-bond acceptors (Lipinski definition) is 7. The quantitative estimate of drug-likeness (QED) is 0.451. The summed E-state index contributed by atoms with van der Waals surface area (Å²) >= 11 is 0. The molecule has 0 aromatic carbocycles. The third-order valence-corrected chi connectivity index (χ3v) is 6.09. The van der Waals surface area contributed by atoms with Gasteiger partial charge < -0.3 is 20.1 Å². The third kappa shape index (κ3) is 4.87. The van der Waals surface area contributed by atoms with E-state index in [1.807, 2.05) is 6.92 Å². The predicted octanol–water partition coefficient (Wildman–Crippen LogP) is 3.70. The molecule has 3 aromatic heterocycles. The molecular formula is C21H24F3N7O3. The van der Waals surface area contributed by atoms with Crippen LogP contribution >= 0.6 is 0 Å². The molecule has 3 aromatic rings. The Morgan fingerprint density at radius 3 is 2.97 bits per heavy atom. The number of nitrogens with one attached hydrogen (secondary N) is 3. The number of carbonyl (C=O) groups is 1. The molecule has 0 radical (unpaired) electrons. The number of H-pyrrole nitrogens is 1. The second-order valence-electron chi connectivity index (χ2n) is 8.93. The molecule has 2 aliphatic carbocycles. The van der Waals surface area contributed by atoms with E-state index in [0.717, 1.165) is 12.8 Å². The van der Waals surface area contributed by atoms with Crippen LogP contribution in [0.1, 0.15) is 44.2 Å². The lowest BCUT2D eigenvalue weighted by molar-refractivity contribution is 0.0583. The molecule has 5 rings (SSSR count). The van der Waals surface area contributed by atoms with Gasteiger partial charge in [-0.05, 0) is 38.7 Å². The van der Waals surface area contributed by atoms with Crippen LogP contribution in [-0.4, -0.2) is 61.5 Å². The van der Waals surface area contributed by atoms with E-state index in [-0.39, 0.29) is 23.8 Å². The van der Waals surface area contributed by atoms with Crippen molar-refractivity contribution in [2.75, 3.05) is 11.9 Å². The first-order chi connectivity index (χ1) is 16.3. The second kappa shape index (κ2) is 8.69. The molecule has 34 heavy (non-hydrogen) atoms. The number of ether oxygens (including phenoxy) is 2. The number of aromatic amines is 1. The molecule has 1 amide bonds. The molecule has 2 saturated carbocycles. The molecule has 0 saturated heterocycles. The Morgan fingerprint density at radius 1 is 1.38 bits per heavy atom. The lowest BCUT2D eigenvalue weighted by atomic mass is 10.0. The Hall–Kier alpha value is -3.51. The molecule has 3 heterocycles. The van der Waals surface area contributed by atoms with E-state index in [2.05, 4.69) is 30.8 Å². The van der Waals surface area contributed by atoms with Crippen LogP contribution in [0.25, 0.3) is 5.65 Å². The molecular weight excluding hydrogens is 455 g/mol. The van der Waals surface area contributed by atoms with Crippen molar-refractivity contribution in [3.63, 3.8) is 0 Å². The monoisotopic (exact) mass is 479 g/mol. The van der Waals surface area contributed by atoms with E-state index in [9.17, 15) is 18.0 Å². The fourth-order valence-corrected chi connectivity index (χ4v) is 3.98. The lowest BCUT2D eigenvalue weighted by Crippen LogP contribution is -2.38. The van der Waals surface area contributed by atoms with Crippen molar-refractivity contribution >= 4 is 23.5 Å².